The van der Waals surface area contributed by atoms with Gasteiger partial charge < -0.3 is 5.11 Å². The molecular weight excluding hydrogens is 126 g/mol. The zero-order valence-electron chi connectivity index (χ0n) is 6.89. The highest BCUT2D eigenvalue weighted by Gasteiger charge is 1.95. The van der Waals surface area contributed by atoms with Gasteiger partial charge in [-0.15, -0.1) is 0 Å². The Bertz CT molecular complexity index is 147. The Morgan fingerprint density at radius 2 is 2.20 bits per heavy atom. The van der Waals surface area contributed by atoms with Crippen molar-refractivity contribution in [2.75, 3.05) is 13.7 Å². The van der Waals surface area contributed by atoms with Crippen molar-refractivity contribution >= 4 is 5.71 Å². The van der Waals surface area contributed by atoms with Gasteiger partial charge >= 0.3 is 0 Å². The van der Waals surface area contributed by atoms with E-state index in [1.54, 1.807) is 7.05 Å². The van der Waals surface area contributed by atoms with Crippen LogP contribution in [-0.4, -0.2) is 24.5 Å². The molecule has 0 aliphatic carbocycles. The third-order valence-electron chi connectivity index (χ3n) is 1.39. The lowest BCUT2D eigenvalue weighted by atomic mass is 10.1. The monoisotopic (exact) mass is 141 g/mol. The highest BCUT2D eigenvalue weighted by Crippen LogP contribution is 1.97. The summed E-state index contributed by atoms with van der Waals surface area (Å²) >= 11 is 0. The number of allylic oxidation sites excluding steroid dienone is 1. The number of aliphatic hydroxyl groups excluding tert-OH is 1. The summed E-state index contributed by atoms with van der Waals surface area (Å²) in [6.07, 6.45) is 3.05. The molecule has 58 valence electrons. The van der Waals surface area contributed by atoms with Gasteiger partial charge in [-0.2, -0.15) is 0 Å². The fraction of sp³-hybridized carbons (Fsp3) is 0.625. The molecule has 0 saturated carbocycles. The van der Waals surface area contributed by atoms with Crippen LogP contribution in [0.2, 0.25) is 0 Å². The van der Waals surface area contributed by atoms with E-state index in [9.17, 15) is 0 Å². The zero-order valence-corrected chi connectivity index (χ0v) is 6.89. The smallest absolute Gasteiger partial charge is 0.0850 e. The molecule has 0 unspecified atom stereocenters. The van der Waals surface area contributed by atoms with Crippen molar-refractivity contribution in [3.63, 3.8) is 0 Å². The SMILES string of the molecule is CC/C=C(/C)C(CO)=NC. The topological polar surface area (TPSA) is 32.6 Å². The Kier molecular flexibility index (Phi) is 4.85. The van der Waals surface area contributed by atoms with Gasteiger partial charge in [0.15, 0.2) is 0 Å². The van der Waals surface area contributed by atoms with E-state index in [0.717, 1.165) is 17.7 Å². The van der Waals surface area contributed by atoms with Crippen LogP contribution in [0.15, 0.2) is 16.6 Å². The predicted octanol–water partition coefficient (Wildman–Crippen LogP) is 1.41. The molecule has 0 aromatic heterocycles. The molecule has 0 aromatic carbocycles. The molecular formula is C8H15NO. The second kappa shape index (κ2) is 5.18. The van der Waals surface area contributed by atoms with Crippen LogP contribution in [0.3, 0.4) is 0 Å². The van der Waals surface area contributed by atoms with Crippen LogP contribution < -0.4 is 0 Å². The summed E-state index contributed by atoms with van der Waals surface area (Å²) < 4.78 is 0. The predicted molar refractivity (Wildman–Crippen MR) is 44.5 cm³/mol. The van der Waals surface area contributed by atoms with Crippen molar-refractivity contribution in [3.05, 3.63) is 11.6 Å². The summed E-state index contributed by atoms with van der Waals surface area (Å²) in [6, 6.07) is 0. The first-order valence-corrected chi connectivity index (χ1v) is 3.49. The minimum absolute atomic E-state index is 0.0405. The molecule has 0 fully saturated rings. The molecule has 1 N–H and O–H groups in total. The average molecular weight is 141 g/mol. The molecule has 0 heterocycles. The van der Waals surface area contributed by atoms with Crippen molar-refractivity contribution in [2.24, 2.45) is 4.99 Å². The van der Waals surface area contributed by atoms with Crippen molar-refractivity contribution in [1.29, 1.82) is 0 Å². The lowest BCUT2D eigenvalue weighted by molar-refractivity contribution is 0.357. The van der Waals surface area contributed by atoms with Crippen LogP contribution >= 0.6 is 0 Å². The molecule has 0 saturated heterocycles. The lowest BCUT2D eigenvalue weighted by Crippen LogP contribution is -2.05. The zero-order chi connectivity index (χ0) is 7.98. The summed E-state index contributed by atoms with van der Waals surface area (Å²) in [5.41, 5.74) is 1.86. The fourth-order valence-electron chi connectivity index (χ4n) is 0.796. The summed E-state index contributed by atoms with van der Waals surface area (Å²) in [6.45, 7) is 4.06. The molecule has 0 rings (SSSR count). The molecule has 0 radical (unpaired) electrons. The van der Waals surface area contributed by atoms with Gasteiger partial charge in [-0.05, 0) is 18.9 Å². The molecule has 0 bridgehead atoms. The second-order valence-electron chi connectivity index (χ2n) is 2.12. The molecule has 2 heteroatoms. The standard InChI is InChI=1S/C8H15NO/c1-4-5-7(2)8(6-10)9-3/h5,10H,4,6H2,1-3H3/b7-5-,9-8?. The van der Waals surface area contributed by atoms with Crippen molar-refractivity contribution in [2.45, 2.75) is 20.3 Å². The number of aliphatic hydroxyl groups is 1. The van der Waals surface area contributed by atoms with Gasteiger partial charge in [0.1, 0.15) is 0 Å². The number of hydrogen-bond acceptors (Lipinski definition) is 2. The van der Waals surface area contributed by atoms with Gasteiger partial charge in [-0.1, -0.05) is 13.0 Å². The van der Waals surface area contributed by atoms with Crippen LogP contribution in [0.25, 0.3) is 0 Å². The lowest BCUT2D eigenvalue weighted by Gasteiger charge is -1.99. The highest BCUT2D eigenvalue weighted by atomic mass is 16.3. The summed E-state index contributed by atoms with van der Waals surface area (Å²) in [7, 11) is 1.69. The Labute approximate surface area is 62.3 Å². The fourth-order valence-corrected chi connectivity index (χ4v) is 0.796. The van der Waals surface area contributed by atoms with Gasteiger partial charge in [0.2, 0.25) is 0 Å². The Morgan fingerprint density at radius 3 is 2.50 bits per heavy atom. The van der Waals surface area contributed by atoms with Gasteiger partial charge in [0.05, 0.1) is 12.3 Å². The van der Waals surface area contributed by atoms with Crippen molar-refractivity contribution < 1.29 is 5.11 Å². The van der Waals surface area contributed by atoms with E-state index in [0.29, 0.717) is 0 Å². The molecule has 0 spiro atoms. The third kappa shape index (κ3) is 2.78. The number of rotatable bonds is 3. The van der Waals surface area contributed by atoms with Gasteiger partial charge in [0.25, 0.3) is 0 Å². The minimum Gasteiger partial charge on any atom is -0.390 e. The Morgan fingerprint density at radius 1 is 1.60 bits per heavy atom. The maximum absolute atomic E-state index is 8.75. The molecule has 0 aliphatic rings. The van der Waals surface area contributed by atoms with E-state index >= 15 is 0 Å². The van der Waals surface area contributed by atoms with Gasteiger partial charge in [0, 0.05) is 7.05 Å². The largest absolute Gasteiger partial charge is 0.390 e. The van der Waals surface area contributed by atoms with E-state index in [4.69, 9.17) is 5.11 Å². The van der Waals surface area contributed by atoms with Gasteiger partial charge in [-0.3, -0.25) is 4.99 Å². The Balaban J connectivity index is 4.16. The first-order valence-electron chi connectivity index (χ1n) is 3.49. The number of aliphatic imine (C=N–C) groups is 1. The van der Waals surface area contributed by atoms with Crippen LogP contribution in [0.5, 0.6) is 0 Å². The molecule has 0 aromatic rings. The van der Waals surface area contributed by atoms with Crippen molar-refractivity contribution in [1.82, 2.24) is 0 Å². The molecule has 0 aliphatic heterocycles. The Hall–Kier alpha value is -0.630. The number of hydrogen-bond donors (Lipinski definition) is 1. The van der Waals surface area contributed by atoms with Crippen LogP contribution in [0, 0.1) is 0 Å². The maximum Gasteiger partial charge on any atom is 0.0850 e. The van der Waals surface area contributed by atoms with E-state index in [1.165, 1.54) is 0 Å². The minimum atomic E-state index is 0.0405. The van der Waals surface area contributed by atoms with E-state index in [2.05, 4.69) is 18.0 Å². The third-order valence-corrected chi connectivity index (χ3v) is 1.39. The van der Waals surface area contributed by atoms with Crippen LogP contribution in [0.4, 0.5) is 0 Å². The normalized spacial score (nSPS) is 14.0. The summed E-state index contributed by atoms with van der Waals surface area (Å²) in [5.74, 6) is 0. The van der Waals surface area contributed by atoms with E-state index in [1.807, 2.05) is 6.92 Å². The molecule has 2 nitrogen and oxygen atoms in total. The maximum atomic E-state index is 8.75. The summed E-state index contributed by atoms with van der Waals surface area (Å²) in [4.78, 5) is 3.92. The summed E-state index contributed by atoms with van der Waals surface area (Å²) in [5, 5.41) is 8.75. The van der Waals surface area contributed by atoms with Gasteiger partial charge in [-0.25, -0.2) is 0 Å². The molecule has 10 heavy (non-hydrogen) atoms. The molecule has 0 amide bonds. The average Bonchev–Trinajstić information content (AvgIpc) is 1.91. The van der Waals surface area contributed by atoms with Crippen molar-refractivity contribution in [3.8, 4) is 0 Å². The second-order valence-corrected chi connectivity index (χ2v) is 2.12. The van der Waals surface area contributed by atoms with Crippen LogP contribution in [-0.2, 0) is 0 Å². The quantitative estimate of drug-likeness (QED) is 0.592. The highest BCUT2D eigenvalue weighted by molar-refractivity contribution is 6.00. The first-order chi connectivity index (χ1) is 4.76. The first kappa shape index (κ1) is 9.37. The van der Waals surface area contributed by atoms with Crippen LogP contribution in [0.1, 0.15) is 20.3 Å². The van der Waals surface area contributed by atoms with E-state index < -0.39 is 0 Å². The number of nitrogens with zero attached hydrogens (tertiary/aromatic N) is 1. The van der Waals surface area contributed by atoms with E-state index in [-0.39, 0.29) is 6.61 Å². The molecule has 0 atom stereocenters.